The molecule has 0 aliphatic carbocycles. The van der Waals surface area contributed by atoms with E-state index in [0.29, 0.717) is 30.5 Å². The number of anilines is 2. The monoisotopic (exact) mass is 416 g/mol. The normalized spacial score (nSPS) is 11.2. The highest BCUT2D eigenvalue weighted by Gasteiger charge is 2.16. The van der Waals surface area contributed by atoms with Gasteiger partial charge in [0.2, 0.25) is 0 Å². The summed E-state index contributed by atoms with van der Waals surface area (Å²) in [5.41, 5.74) is 1.06. The first-order chi connectivity index (χ1) is 12.4. The van der Waals surface area contributed by atoms with Crippen molar-refractivity contribution in [3.05, 3.63) is 54.1 Å². The molecule has 2 N–H and O–H groups in total. The SMILES string of the molecule is O=C(O)c1ccc(NS(=O)(=O)c2cccc(N(CCCl)CCCl)c2)cc1. The van der Waals surface area contributed by atoms with Crippen LogP contribution < -0.4 is 9.62 Å². The number of benzene rings is 2. The summed E-state index contributed by atoms with van der Waals surface area (Å²) in [7, 11) is -3.82. The Balaban J connectivity index is 2.25. The van der Waals surface area contributed by atoms with Crippen LogP contribution in [0, 0.1) is 0 Å². The van der Waals surface area contributed by atoms with Crippen LogP contribution in [0.25, 0.3) is 0 Å². The maximum atomic E-state index is 12.6. The van der Waals surface area contributed by atoms with Gasteiger partial charge >= 0.3 is 5.97 Å². The average Bonchev–Trinajstić information content (AvgIpc) is 2.62. The number of aromatic carboxylic acids is 1. The second kappa shape index (κ2) is 9.12. The van der Waals surface area contributed by atoms with Crippen LogP contribution in [0.2, 0.25) is 0 Å². The van der Waals surface area contributed by atoms with E-state index in [1.165, 1.54) is 30.3 Å². The van der Waals surface area contributed by atoms with Gasteiger partial charge in [-0.05, 0) is 42.5 Å². The molecule has 140 valence electrons. The third kappa shape index (κ3) is 5.27. The van der Waals surface area contributed by atoms with E-state index in [4.69, 9.17) is 28.3 Å². The fourth-order valence-corrected chi connectivity index (χ4v) is 3.82. The summed E-state index contributed by atoms with van der Waals surface area (Å²) in [6.45, 7) is 1.09. The van der Waals surface area contributed by atoms with Crippen LogP contribution in [-0.4, -0.2) is 44.3 Å². The minimum absolute atomic E-state index is 0.0766. The lowest BCUT2D eigenvalue weighted by molar-refractivity contribution is 0.0697. The molecule has 2 aromatic carbocycles. The Morgan fingerprint density at radius 2 is 1.65 bits per heavy atom. The fourth-order valence-electron chi connectivity index (χ4n) is 2.32. The number of alkyl halides is 2. The topological polar surface area (TPSA) is 86.7 Å². The van der Waals surface area contributed by atoms with Crippen molar-refractivity contribution in [1.82, 2.24) is 0 Å². The zero-order chi connectivity index (χ0) is 19.2. The summed E-state index contributed by atoms with van der Waals surface area (Å²) in [5.74, 6) is -0.296. The minimum atomic E-state index is -3.82. The van der Waals surface area contributed by atoms with Gasteiger partial charge in [0.25, 0.3) is 10.0 Å². The van der Waals surface area contributed by atoms with Crippen molar-refractivity contribution >= 4 is 50.6 Å². The van der Waals surface area contributed by atoms with Crippen LogP contribution in [0.4, 0.5) is 11.4 Å². The Morgan fingerprint density at radius 3 is 2.19 bits per heavy atom. The van der Waals surface area contributed by atoms with Gasteiger partial charge in [-0.1, -0.05) is 6.07 Å². The van der Waals surface area contributed by atoms with Crippen molar-refractivity contribution in [3.63, 3.8) is 0 Å². The van der Waals surface area contributed by atoms with Gasteiger partial charge in [0, 0.05) is 36.2 Å². The van der Waals surface area contributed by atoms with Crippen LogP contribution in [0.15, 0.2) is 53.4 Å². The van der Waals surface area contributed by atoms with Gasteiger partial charge < -0.3 is 10.0 Å². The number of halogens is 2. The Bertz CT molecular complexity index is 851. The van der Waals surface area contributed by atoms with Crippen LogP contribution >= 0.6 is 23.2 Å². The van der Waals surface area contributed by atoms with Gasteiger partial charge in [-0.15, -0.1) is 23.2 Å². The minimum Gasteiger partial charge on any atom is -0.478 e. The summed E-state index contributed by atoms with van der Waals surface area (Å²) in [4.78, 5) is 12.9. The largest absolute Gasteiger partial charge is 0.478 e. The molecule has 6 nitrogen and oxygen atoms in total. The molecule has 26 heavy (non-hydrogen) atoms. The molecule has 0 aliphatic heterocycles. The number of nitrogens with zero attached hydrogens (tertiary/aromatic N) is 1. The maximum absolute atomic E-state index is 12.6. The van der Waals surface area contributed by atoms with Gasteiger partial charge in [0.1, 0.15) is 0 Å². The van der Waals surface area contributed by atoms with Gasteiger partial charge in [-0.25, -0.2) is 13.2 Å². The molecule has 2 rings (SSSR count). The highest BCUT2D eigenvalue weighted by Crippen LogP contribution is 2.22. The van der Waals surface area contributed by atoms with Crippen LogP contribution in [-0.2, 0) is 10.0 Å². The molecular weight excluding hydrogens is 399 g/mol. The molecule has 9 heteroatoms. The third-order valence-electron chi connectivity index (χ3n) is 3.59. The van der Waals surface area contributed by atoms with E-state index in [2.05, 4.69) is 4.72 Å². The quantitative estimate of drug-likeness (QED) is 0.611. The molecule has 0 spiro atoms. The first-order valence-corrected chi connectivity index (χ1v) is 10.3. The predicted molar refractivity (Wildman–Crippen MR) is 104 cm³/mol. The predicted octanol–water partition coefficient (Wildman–Crippen LogP) is 3.47. The molecule has 0 aromatic heterocycles. The Kier molecular flexibility index (Phi) is 7.14. The standard InChI is InChI=1S/C17H18Cl2N2O4S/c18-8-10-21(11-9-19)15-2-1-3-16(12-15)26(24,25)20-14-6-4-13(5-7-14)17(22)23/h1-7,12,20H,8-11H2,(H,22,23). The number of sulfonamides is 1. The molecule has 0 amide bonds. The van der Waals surface area contributed by atoms with E-state index >= 15 is 0 Å². The van der Waals surface area contributed by atoms with E-state index in [1.54, 1.807) is 18.2 Å². The molecule has 0 radical (unpaired) electrons. The molecule has 0 heterocycles. The van der Waals surface area contributed by atoms with Crippen LogP contribution in [0.1, 0.15) is 10.4 Å². The van der Waals surface area contributed by atoms with Gasteiger partial charge in [0.15, 0.2) is 0 Å². The first-order valence-electron chi connectivity index (χ1n) is 7.70. The lowest BCUT2D eigenvalue weighted by Crippen LogP contribution is -2.27. The number of rotatable bonds is 9. The fraction of sp³-hybridized carbons (Fsp3) is 0.235. The second-order valence-electron chi connectivity index (χ2n) is 5.35. The molecule has 0 atom stereocenters. The molecule has 0 saturated carbocycles. The lowest BCUT2D eigenvalue weighted by Gasteiger charge is -2.23. The van der Waals surface area contributed by atoms with Crippen LogP contribution in [0.5, 0.6) is 0 Å². The molecule has 0 fully saturated rings. The summed E-state index contributed by atoms with van der Waals surface area (Å²) < 4.78 is 27.7. The van der Waals surface area contributed by atoms with Crippen molar-refractivity contribution in [2.24, 2.45) is 0 Å². The average molecular weight is 417 g/mol. The number of carboxylic acid groups (broad SMARTS) is 1. The van der Waals surface area contributed by atoms with Crippen molar-refractivity contribution < 1.29 is 18.3 Å². The van der Waals surface area contributed by atoms with Crippen molar-refractivity contribution in [2.45, 2.75) is 4.90 Å². The van der Waals surface area contributed by atoms with Gasteiger partial charge in [-0.3, -0.25) is 4.72 Å². The Morgan fingerprint density at radius 1 is 1.04 bits per heavy atom. The zero-order valence-electron chi connectivity index (χ0n) is 13.7. The Hall–Kier alpha value is -1.96. The number of hydrogen-bond acceptors (Lipinski definition) is 4. The second-order valence-corrected chi connectivity index (χ2v) is 7.79. The summed E-state index contributed by atoms with van der Waals surface area (Å²) in [6.07, 6.45) is 0. The number of carboxylic acids is 1. The molecule has 0 unspecified atom stereocenters. The molecule has 0 aliphatic rings. The number of carbonyl (C=O) groups is 1. The summed E-state index contributed by atoms with van der Waals surface area (Å²) >= 11 is 11.6. The summed E-state index contributed by atoms with van der Waals surface area (Å²) in [5, 5.41) is 8.89. The zero-order valence-corrected chi connectivity index (χ0v) is 16.1. The Labute approximate surface area is 162 Å². The molecule has 0 bridgehead atoms. The van der Waals surface area contributed by atoms with E-state index < -0.39 is 16.0 Å². The van der Waals surface area contributed by atoms with Gasteiger partial charge in [0.05, 0.1) is 10.5 Å². The number of nitrogens with one attached hydrogen (secondary N) is 1. The lowest BCUT2D eigenvalue weighted by atomic mass is 10.2. The maximum Gasteiger partial charge on any atom is 0.335 e. The first kappa shape index (κ1) is 20.4. The van der Waals surface area contributed by atoms with Crippen LogP contribution in [0.3, 0.4) is 0 Å². The summed E-state index contributed by atoms with van der Waals surface area (Å²) in [6, 6.07) is 11.9. The smallest absolute Gasteiger partial charge is 0.335 e. The number of hydrogen-bond donors (Lipinski definition) is 2. The molecular formula is C17H18Cl2N2O4S. The van der Waals surface area contributed by atoms with Gasteiger partial charge in [-0.2, -0.15) is 0 Å². The van der Waals surface area contributed by atoms with Crippen molar-refractivity contribution in [1.29, 1.82) is 0 Å². The van der Waals surface area contributed by atoms with E-state index in [0.717, 1.165) is 0 Å². The van der Waals surface area contributed by atoms with E-state index in [-0.39, 0.29) is 16.1 Å². The highest BCUT2D eigenvalue weighted by atomic mass is 35.5. The highest BCUT2D eigenvalue weighted by molar-refractivity contribution is 7.92. The molecule has 2 aromatic rings. The molecule has 0 saturated heterocycles. The van der Waals surface area contributed by atoms with Crippen molar-refractivity contribution in [2.75, 3.05) is 34.5 Å². The van der Waals surface area contributed by atoms with E-state index in [1.807, 2.05) is 4.90 Å². The third-order valence-corrected chi connectivity index (χ3v) is 5.30. The van der Waals surface area contributed by atoms with E-state index in [9.17, 15) is 13.2 Å². The van der Waals surface area contributed by atoms with Crippen molar-refractivity contribution in [3.8, 4) is 0 Å².